The molecule has 2 aliphatic rings. The summed E-state index contributed by atoms with van der Waals surface area (Å²) in [7, 11) is 0. The summed E-state index contributed by atoms with van der Waals surface area (Å²) in [5.41, 5.74) is 0. The predicted molar refractivity (Wildman–Crippen MR) is 83.2 cm³/mol. The minimum absolute atomic E-state index is 0.0184. The molecule has 1 amide bonds. The molecule has 2 fully saturated rings. The Morgan fingerprint density at radius 3 is 2.20 bits per heavy atom. The normalized spacial score (nSPS) is 35.4. The molecule has 0 aromatic heterocycles. The number of nitrogens with zero attached hydrogens (tertiary/aromatic N) is 1. The van der Waals surface area contributed by atoms with E-state index in [0.717, 1.165) is 12.5 Å². The van der Waals surface area contributed by atoms with E-state index in [1.54, 1.807) is 0 Å². The minimum atomic E-state index is 0.0184. The number of carbonyl (C=O) groups excluding carboxylic acids is 1. The van der Waals surface area contributed by atoms with Crippen molar-refractivity contribution in [3.63, 3.8) is 0 Å². The number of hydrogen-bond donors (Lipinski definition) is 1. The molecule has 0 aromatic carbocycles. The van der Waals surface area contributed by atoms with Gasteiger partial charge in [-0.2, -0.15) is 0 Å². The highest BCUT2D eigenvalue weighted by atomic mass is 16.2. The second kappa shape index (κ2) is 6.46. The van der Waals surface area contributed by atoms with Crippen molar-refractivity contribution in [1.29, 1.82) is 0 Å². The van der Waals surface area contributed by atoms with Crippen LogP contribution in [0.4, 0.5) is 0 Å². The number of amides is 1. The molecule has 1 heterocycles. The van der Waals surface area contributed by atoms with E-state index in [1.165, 1.54) is 25.7 Å². The van der Waals surface area contributed by atoms with Gasteiger partial charge in [-0.05, 0) is 36.5 Å². The van der Waals surface area contributed by atoms with Crippen molar-refractivity contribution in [3.8, 4) is 0 Å². The van der Waals surface area contributed by atoms with Gasteiger partial charge in [0.05, 0.1) is 12.2 Å². The fraction of sp³-hybridized carbons (Fsp3) is 0.941. The Hall–Kier alpha value is -0.570. The van der Waals surface area contributed by atoms with Crippen molar-refractivity contribution < 1.29 is 4.79 Å². The van der Waals surface area contributed by atoms with E-state index in [9.17, 15) is 4.79 Å². The summed E-state index contributed by atoms with van der Waals surface area (Å²) in [4.78, 5) is 14.8. The zero-order chi connectivity index (χ0) is 14.9. The van der Waals surface area contributed by atoms with E-state index in [-0.39, 0.29) is 12.2 Å². The van der Waals surface area contributed by atoms with Crippen LogP contribution in [-0.4, -0.2) is 29.6 Å². The van der Waals surface area contributed by atoms with E-state index in [0.29, 0.717) is 23.7 Å². The molecule has 0 bridgehead atoms. The van der Waals surface area contributed by atoms with Crippen LogP contribution in [0.25, 0.3) is 0 Å². The molecular formula is C17H32N2O. The van der Waals surface area contributed by atoms with Gasteiger partial charge in [0, 0.05) is 6.54 Å². The summed E-state index contributed by atoms with van der Waals surface area (Å²) in [6.07, 6.45) is 5.49. The largest absolute Gasteiger partial charge is 0.325 e. The van der Waals surface area contributed by atoms with Gasteiger partial charge in [-0.1, -0.05) is 47.5 Å². The van der Waals surface area contributed by atoms with Gasteiger partial charge < -0.3 is 4.90 Å². The minimum Gasteiger partial charge on any atom is -0.325 e. The second-order valence-corrected chi connectivity index (χ2v) is 7.69. The van der Waals surface area contributed by atoms with Crippen LogP contribution in [0.1, 0.15) is 60.3 Å². The first-order valence-corrected chi connectivity index (χ1v) is 8.46. The van der Waals surface area contributed by atoms with Crippen molar-refractivity contribution in [2.24, 2.45) is 23.7 Å². The van der Waals surface area contributed by atoms with E-state index in [1.807, 2.05) is 0 Å². The highest BCUT2D eigenvalue weighted by Crippen LogP contribution is 2.31. The van der Waals surface area contributed by atoms with Crippen molar-refractivity contribution in [3.05, 3.63) is 0 Å². The molecule has 2 unspecified atom stereocenters. The Kier molecular flexibility index (Phi) is 5.11. The number of nitrogens with one attached hydrogen (secondary N) is 1. The zero-order valence-corrected chi connectivity index (χ0v) is 13.9. The van der Waals surface area contributed by atoms with Gasteiger partial charge in [0.25, 0.3) is 0 Å². The number of carbonyl (C=O) groups is 1. The number of hydrogen-bond acceptors (Lipinski definition) is 2. The molecule has 2 rings (SSSR count). The predicted octanol–water partition coefficient (Wildman–Crippen LogP) is 3.25. The summed E-state index contributed by atoms with van der Waals surface area (Å²) in [6.45, 7) is 12.0. The zero-order valence-electron chi connectivity index (χ0n) is 13.9. The lowest BCUT2D eigenvalue weighted by atomic mass is 9.82. The van der Waals surface area contributed by atoms with Gasteiger partial charge in [-0.3, -0.25) is 10.1 Å². The average Bonchev–Trinajstić information content (AvgIpc) is 2.70. The molecule has 3 heteroatoms. The monoisotopic (exact) mass is 280 g/mol. The highest BCUT2D eigenvalue weighted by molar-refractivity contribution is 5.84. The maximum atomic E-state index is 12.7. The summed E-state index contributed by atoms with van der Waals surface area (Å²) in [5.74, 6) is 2.77. The third-order valence-electron chi connectivity index (χ3n) is 5.12. The summed E-state index contributed by atoms with van der Waals surface area (Å²) >= 11 is 0. The van der Waals surface area contributed by atoms with Crippen molar-refractivity contribution in [2.75, 3.05) is 6.54 Å². The summed E-state index contributed by atoms with van der Waals surface area (Å²) in [5, 5.41) is 3.56. The Bertz CT molecular complexity index is 332. The lowest BCUT2D eigenvalue weighted by Crippen LogP contribution is -2.44. The molecule has 1 N–H and O–H groups in total. The first kappa shape index (κ1) is 15.8. The van der Waals surface area contributed by atoms with Crippen LogP contribution < -0.4 is 5.32 Å². The average molecular weight is 280 g/mol. The van der Waals surface area contributed by atoms with Crippen LogP contribution in [0.5, 0.6) is 0 Å². The Morgan fingerprint density at radius 2 is 1.70 bits per heavy atom. The third kappa shape index (κ3) is 3.36. The molecule has 20 heavy (non-hydrogen) atoms. The lowest BCUT2D eigenvalue weighted by molar-refractivity contribution is -0.132. The molecule has 1 saturated carbocycles. The van der Waals surface area contributed by atoms with Crippen LogP contribution in [-0.2, 0) is 4.79 Å². The van der Waals surface area contributed by atoms with Crippen molar-refractivity contribution in [2.45, 2.75) is 72.5 Å². The van der Waals surface area contributed by atoms with Crippen LogP contribution in [0.2, 0.25) is 0 Å². The van der Waals surface area contributed by atoms with Gasteiger partial charge in [0.2, 0.25) is 5.91 Å². The SMILES string of the molecule is CC1CCC(CN2C(=O)C(C(C)C)NC2C(C)C)CC1. The highest BCUT2D eigenvalue weighted by Gasteiger charge is 2.42. The maximum Gasteiger partial charge on any atom is 0.241 e. The van der Waals surface area contributed by atoms with Gasteiger partial charge >= 0.3 is 0 Å². The van der Waals surface area contributed by atoms with Gasteiger partial charge in [0.1, 0.15) is 0 Å². The van der Waals surface area contributed by atoms with E-state index >= 15 is 0 Å². The lowest BCUT2D eigenvalue weighted by Gasteiger charge is -2.33. The Morgan fingerprint density at radius 1 is 1.10 bits per heavy atom. The molecule has 0 aromatic rings. The quantitative estimate of drug-likeness (QED) is 0.857. The first-order chi connectivity index (χ1) is 9.40. The van der Waals surface area contributed by atoms with Gasteiger partial charge in [-0.25, -0.2) is 0 Å². The molecular weight excluding hydrogens is 248 g/mol. The molecule has 1 aliphatic heterocycles. The molecule has 3 nitrogen and oxygen atoms in total. The fourth-order valence-corrected chi connectivity index (χ4v) is 3.68. The Labute approximate surface area is 124 Å². The smallest absolute Gasteiger partial charge is 0.241 e. The maximum absolute atomic E-state index is 12.7. The third-order valence-corrected chi connectivity index (χ3v) is 5.12. The van der Waals surface area contributed by atoms with Crippen molar-refractivity contribution >= 4 is 5.91 Å². The Balaban J connectivity index is 2.01. The number of rotatable bonds is 4. The molecule has 1 saturated heterocycles. The van der Waals surface area contributed by atoms with Gasteiger partial charge in [0.15, 0.2) is 0 Å². The fourth-order valence-electron chi connectivity index (χ4n) is 3.68. The van der Waals surface area contributed by atoms with Crippen molar-refractivity contribution in [1.82, 2.24) is 10.2 Å². The topological polar surface area (TPSA) is 32.3 Å². The molecule has 116 valence electrons. The van der Waals surface area contributed by atoms with E-state index in [2.05, 4.69) is 44.8 Å². The van der Waals surface area contributed by atoms with Crippen LogP contribution in [0.3, 0.4) is 0 Å². The van der Waals surface area contributed by atoms with E-state index in [4.69, 9.17) is 0 Å². The second-order valence-electron chi connectivity index (χ2n) is 7.69. The van der Waals surface area contributed by atoms with Gasteiger partial charge in [-0.15, -0.1) is 0 Å². The van der Waals surface area contributed by atoms with Crippen LogP contribution >= 0.6 is 0 Å². The standard InChI is InChI=1S/C17H32N2O/c1-11(2)15-17(20)19(16(18-15)12(3)4)10-14-8-6-13(5)7-9-14/h11-16,18H,6-10H2,1-5H3. The van der Waals surface area contributed by atoms with E-state index < -0.39 is 0 Å². The molecule has 0 spiro atoms. The summed E-state index contributed by atoms with van der Waals surface area (Å²) in [6, 6.07) is 0.0184. The van der Waals surface area contributed by atoms with Crippen LogP contribution in [0, 0.1) is 23.7 Å². The van der Waals surface area contributed by atoms with Crippen LogP contribution in [0.15, 0.2) is 0 Å². The molecule has 0 radical (unpaired) electrons. The molecule has 2 atom stereocenters. The molecule has 1 aliphatic carbocycles. The summed E-state index contributed by atoms with van der Waals surface area (Å²) < 4.78 is 0. The first-order valence-electron chi connectivity index (χ1n) is 8.46.